The maximum Gasteiger partial charge on any atom is 0.303 e. The van der Waals surface area contributed by atoms with Crippen molar-refractivity contribution in [2.45, 2.75) is 26.3 Å². The van der Waals surface area contributed by atoms with Gasteiger partial charge in [-0.15, -0.1) is 0 Å². The highest BCUT2D eigenvalue weighted by atomic mass is 16.4. The van der Waals surface area contributed by atoms with Gasteiger partial charge in [-0.2, -0.15) is 0 Å². The van der Waals surface area contributed by atoms with E-state index in [4.69, 9.17) is 10.8 Å². The topological polar surface area (TPSA) is 63.3 Å². The normalized spacial score (nSPS) is 16.8. The van der Waals surface area contributed by atoms with E-state index < -0.39 is 5.97 Å². The number of carboxylic acids is 1. The molecule has 9 heavy (non-hydrogen) atoms. The Kier molecular flexibility index (Phi) is 3.24. The van der Waals surface area contributed by atoms with Gasteiger partial charge in [-0.3, -0.25) is 4.79 Å². The fourth-order valence-corrected chi connectivity index (χ4v) is 0.461. The van der Waals surface area contributed by atoms with Crippen LogP contribution in [-0.4, -0.2) is 17.1 Å². The van der Waals surface area contributed by atoms with Crippen LogP contribution in [0.3, 0.4) is 0 Å². The number of nitrogens with two attached hydrogens (primary N) is 1. The molecular weight excluding hydrogens is 118 g/mol. The summed E-state index contributed by atoms with van der Waals surface area (Å²) >= 11 is 0. The van der Waals surface area contributed by atoms with Gasteiger partial charge in [0.1, 0.15) is 0 Å². The van der Waals surface area contributed by atoms with Crippen LogP contribution >= 0.6 is 0 Å². The van der Waals surface area contributed by atoms with Crippen LogP contribution in [0.2, 0.25) is 0 Å². The van der Waals surface area contributed by atoms with Crippen molar-refractivity contribution in [1.82, 2.24) is 0 Å². The molecule has 0 rings (SSSR count). The van der Waals surface area contributed by atoms with E-state index in [1.165, 1.54) is 0 Å². The molecule has 0 aliphatic rings. The lowest BCUT2D eigenvalue weighted by molar-refractivity contribution is -0.138. The Hall–Kier alpha value is -0.570. The van der Waals surface area contributed by atoms with Crippen molar-refractivity contribution >= 4 is 5.97 Å². The van der Waals surface area contributed by atoms with E-state index in [0.29, 0.717) is 0 Å². The largest absolute Gasteiger partial charge is 0.481 e. The highest BCUT2D eigenvalue weighted by Gasteiger charge is 2.10. The molecule has 0 amide bonds. The third kappa shape index (κ3) is 3.97. The first kappa shape index (κ1) is 8.43. The van der Waals surface area contributed by atoms with Gasteiger partial charge < -0.3 is 10.8 Å². The Balaban J connectivity index is 3.50. The predicted octanol–water partition coefficient (Wildman–Crippen LogP) is 0.444. The summed E-state index contributed by atoms with van der Waals surface area (Å²) in [5.41, 5.74) is 5.42. The fourth-order valence-electron chi connectivity index (χ4n) is 0.461. The second kappa shape index (κ2) is 3.45. The van der Waals surface area contributed by atoms with Gasteiger partial charge >= 0.3 is 5.97 Å². The van der Waals surface area contributed by atoms with Crippen LogP contribution in [0.25, 0.3) is 0 Å². The third-order valence-electron chi connectivity index (χ3n) is 1.39. The van der Waals surface area contributed by atoms with Crippen molar-refractivity contribution in [3.8, 4) is 0 Å². The van der Waals surface area contributed by atoms with E-state index in [1.807, 2.05) is 13.8 Å². The number of aliphatic carboxylic acids is 1. The zero-order valence-corrected chi connectivity index (χ0v) is 5.79. The summed E-state index contributed by atoms with van der Waals surface area (Å²) in [6.45, 7) is 3.65. The lowest BCUT2D eigenvalue weighted by Crippen LogP contribution is -2.26. The van der Waals surface area contributed by atoms with Gasteiger partial charge in [0.05, 0.1) is 0 Å². The molecule has 0 bridgehead atoms. The van der Waals surface area contributed by atoms with Gasteiger partial charge in [0.25, 0.3) is 0 Å². The summed E-state index contributed by atoms with van der Waals surface area (Å²) in [7, 11) is 0. The second-order valence-electron chi connectivity index (χ2n) is 2.43. The Morgan fingerprint density at radius 1 is 1.67 bits per heavy atom. The lowest BCUT2D eigenvalue weighted by Gasteiger charge is -2.11. The van der Waals surface area contributed by atoms with E-state index in [0.717, 1.165) is 0 Å². The van der Waals surface area contributed by atoms with Crippen molar-refractivity contribution in [2.75, 3.05) is 0 Å². The Labute approximate surface area is 54.9 Å². The van der Waals surface area contributed by atoms with Crippen LogP contribution < -0.4 is 5.73 Å². The number of carbonyl (C=O) groups is 1. The van der Waals surface area contributed by atoms with Gasteiger partial charge in [0, 0.05) is 12.5 Å². The van der Waals surface area contributed by atoms with Crippen molar-refractivity contribution in [1.29, 1.82) is 0 Å². The number of carboxylic acid groups (broad SMARTS) is 1. The molecule has 0 fully saturated rings. The molecule has 3 heteroatoms. The van der Waals surface area contributed by atoms with Gasteiger partial charge in [-0.05, 0) is 12.8 Å². The summed E-state index contributed by atoms with van der Waals surface area (Å²) < 4.78 is 0. The molecule has 3 nitrogen and oxygen atoms in total. The Morgan fingerprint density at radius 3 is 2.22 bits per heavy atom. The zero-order valence-electron chi connectivity index (χ0n) is 5.79. The number of rotatable bonds is 3. The highest BCUT2D eigenvalue weighted by Crippen LogP contribution is 2.04. The number of hydrogen-bond donors (Lipinski definition) is 2. The van der Waals surface area contributed by atoms with Crippen LogP contribution in [0.15, 0.2) is 0 Å². The van der Waals surface area contributed by atoms with Gasteiger partial charge in [0.15, 0.2) is 0 Å². The fraction of sp³-hybridized carbons (Fsp3) is 0.833. The summed E-state index contributed by atoms with van der Waals surface area (Å²) in [4.78, 5) is 10.1. The molecule has 0 aromatic rings. The quantitative estimate of drug-likeness (QED) is 0.584. The molecule has 0 aromatic carbocycles. The second-order valence-corrected chi connectivity index (χ2v) is 2.43. The first-order valence-corrected chi connectivity index (χ1v) is 3.01. The summed E-state index contributed by atoms with van der Waals surface area (Å²) in [6, 6.07) is -0.0268. The molecule has 3 N–H and O–H groups in total. The third-order valence-corrected chi connectivity index (χ3v) is 1.39. The van der Waals surface area contributed by atoms with Gasteiger partial charge in [-0.1, -0.05) is 6.92 Å². The molecule has 2 atom stereocenters. The molecule has 54 valence electrons. The maximum absolute atomic E-state index is 10.1. The minimum Gasteiger partial charge on any atom is -0.481 e. The van der Waals surface area contributed by atoms with E-state index in [1.54, 1.807) is 0 Å². The molecule has 0 saturated heterocycles. The lowest BCUT2D eigenvalue weighted by atomic mass is 10.0. The van der Waals surface area contributed by atoms with Crippen molar-refractivity contribution < 1.29 is 9.90 Å². The van der Waals surface area contributed by atoms with Crippen LogP contribution in [-0.2, 0) is 4.79 Å². The zero-order chi connectivity index (χ0) is 7.44. The molecular formula is C6H13NO2. The molecule has 0 heterocycles. The highest BCUT2D eigenvalue weighted by molar-refractivity contribution is 5.67. The van der Waals surface area contributed by atoms with Crippen LogP contribution in [0.1, 0.15) is 20.3 Å². The number of hydrogen-bond acceptors (Lipinski definition) is 2. The van der Waals surface area contributed by atoms with E-state index in [-0.39, 0.29) is 18.4 Å². The smallest absolute Gasteiger partial charge is 0.303 e. The Morgan fingerprint density at radius 2 is 2.11 bits per heavy atom. The molecule has 0 aromatic heterocycles. The minimum absolute atomic E-state index is 0.0268. The van der Waals surface area contributed by atoms with Gasteiger partial charge in [-0.25, -0.2) is 0 Å². The maximum atomic E-state index is 10.1. The average Bonchev–Trinajstić information content (AvgIpc) is 1.63. The van der Waals surface area contributed by atoms with Gasteiger partial charge in [0.2, 0.25) is 0 Å². The predicted molar refractivity (Wildman–Crippen MR) is 35.1 cm³/mol. The molecule has 0 aliphatic heterocycles. The molecule has 0 spiro atoms. The molecule has 0 aliphatic carbocycles. The molecule has 0 saturated carbocycles. The first-order valence-electron chi connectivity index (χ1n) is 3.01. The minimum atomic E-state index is -0.778. The van der Waals surface area contributed by atoms with Crippen LogP contribution in [0.4, 0.5) is 0 Å². The van der Waals surface area contributed by atoms with E-state index in [9.17, 15) is 4.79 Å². The first-order chi connectivity index (χ1) is 4.04. The standard InChI is InChI=1S/C6H13NO2/c1-4(5(2)7)3-6(8)9/h4-5H,3,7H2,1-2H3,(H,8,9)/t4-,5+/m0/s1. The van der Waals surface area contributed by atoms with Crippen molar-refractivity contribution in [3.63, 3.8) is 0 Å². The van der Waals surface area contributed by atoms with E-state index in [2.05, 4.69) is 0 Å². The Bertz CT molecular complexity index is 101. The molecule has 0 radical (unpaired) electrons. The molecule has 0 unspecified atom stereocenters. The summed E-state index contributed by atoms with van der Waals surface area (Å²) in [6.07, 6.45) is 0.164. The SMILES string of the molecule is C[C@@H](N)[C@@H](C)CC(=O)O. The van der Waals surface area contributed by atoms with E-state index >= 15 is 0 Å². The summed E-state index contributed by atoms with van der Waals surface area (Å²) in [5, 5.41) is 8.28. The van der Waals surface area contributed by atoms with Crippen LogP contribution in [0.5, 0.6) is 0 Å². The monoisotopic (exact) mass is 131 g/mol. The van der Waals surface area contributed by atoms with Crippen molar-refractivity contribution in [2.24, 2.45) is 11.7 Å². The average molecular weight is 131 g/mol. The van der Waals surface area contributed by atoms with Crippen LogP contribution in [0, 0.1) is 5.92 Å². The van der Waals surface area contributed by atoms with Crippen molar-refractivity contribution in [3.05, 3.63) is 0 Å². The summed E-state index contributed by atoms with van der Waals surface area (Å²) in [5.74, 6) is -0.706.